The Hall–Kier alpha value is -1.83. The maximum absolute atomic E-state index is 11.9. The van der Waals surface area contributed by atoms with Gasteiger partial charge >= 0.3 is 5.97 Å². The summed E-state index contributed by atoms with van der Waals surface area (Å²) in [5.41, 5.74) is 0.574. The highest BCUT2D eigenvalue weighted by molar-refractivity contribution is 7.13. The molecule has 0 aliphatic rings. The Morgan fingerprint density at radius 1 is 1.31 bits per heavy atom. The highest BCUT2D eigenvalue weighted by atomic mass is 35.5. The number of amides is 1. The van der Waals surface area contributed by atoms with Crippen molar-refractivity contribution >= 4 is 51.5 Å². The maximum Gasteiger partial charge on any atom is 0.311 e. The second-order valence-corrected chi connectivity index (χ2v) is 6.90. The predicted octanol–water partition coefficient (Wildman–Crippen LogP) is 4.35. The van der Waals surface area contributed by atoms with Crippen molar-refractivity contribution in [1.29, 1.82) is 0 Å². The van der Waals surface area contributed by atoms with E-state index in [-0.39, 0.29) is 24.7 Å². The zero-order valence-corrected chi connectivity index (χ0v) is 16.4. The summed E-state index contributed by atoms with van der Waals surface area (Å²) in [5, 5.41) is 5.84. The van der Waals surface area contributed by atoms with Gasteiger partial charge in [-0.2, -0.15) is 0 Å². The maximum atomic E-state index is 11.9. The lowest BCUT2D eigenvalue weighted by Crippen LogP contribution is -2.13. The van der Waals surface area contributed by atoms with E-state index in [1.165, 1.54) is 11.3 Å². The lowest BCUT2D eigenvalue weighted by Gasteiger charge is -2.08. The number of carbonyl (C=O) groups is 2. The van der Waals surface area contributed by atoms with Crippen LogP contribution in [0.5, 0.6) is 5.75 Å². The molecule has 1 aromatic carbocycles. The lowest BCUT2D eigenvalue weighted by atomic mass is 10.3. The molecule has 140 valence electrons. The van der Waals surface area contributed by atoms with Crippen LogP contribution in [0.3, 0.4) is 0 Å². The highest BCUT2D eigenvalue weighted by Crippen LogP contribution is 2.27. The molecule has 2 rings (SSSR count). The molecule has 1 N–H and O–H groups in total. The minimum absolute atomic E-state index is 0.0932. The zero-order chi connectivity index (χ0) is 18.9. The first-order valence-electron chi connectivity index (χ1n) is 7.95. The zero-order valence-electron chi connectivity index (χ0n) is 14.1. The number of nitrogens with zero attached hydrogens (tertiary/aromatic N) is 1. The number of ether oxygens (including phenoxy) is 2. The largest absolute Gasteiger partial charge is 0.492 e. The summed E-state index contributed by atoms with van der Waals surface area (Å²) >= 11 is 13.1. The molecule has 0 spiro atoms. The number of thiazole rings is 1. The van der Waals surface area contributed by atoms with Crippen molar-refractivity contribution in [3.05, 3.63) is 39.3 Å². The van der Waals surface area contributed by atoms with Gasteiger partial charge in [-0.1, -0.05) is 23.2 Å². The SMILES string of the molecule is CCOC(=O)Cc1csc(NC(=O)CCCOc2ccc(Cl)cc2Cl)n1. The van der Waals surface area contributed by atoms with E-state index < -0.39 is 0 Å². The van der Waals surface area contributed by atoms with E-state index >= 15 is 0 Å². The molecular formula is C17H18Cl2N2O4S. The van der Waals surface area contributed by atoms with E-state index in [1.54, 1.807) is 30.5 Å². The Balaban J connectivity index is 1.70. The monoisotopic (exact) mass is 416 g/mol. The first-order valence-corrected chi connectivity index (χ1v) is 9.59. The third-order valence-corrected chi connectivity index (χ3v) is 4.47. The first-order chi connectivity index (χ1) is 12.5. The molecule has 26 heavy (non-hydrogen) atoms. The fourth-order valence-corrected chi connectivity index (χ4v) is 3.18. The van der Waals surface area contributed by atoms with Crippen molar-refractivity contribution in [3.8, 4) is 5.75 Å². The molecule has 0 fully saturated rings. The van der Waals surface area contributed by atoms with E-state index in [1.807, 2.05) is 0 Å². The molecule has 0 atom stereocenters. The molecule has 1 amide bonds. The molecule has 0 saturated carbocycles. The lowest BCUT2D eigenvalue weighted by molar-refractivity contribution is -0.142. The number of carbonyl (C=O) groups excluding carboxylic acids is 2. The van der Waals surface area contributed by atoms with Crippen LogP contribution in [0.2, 0.25) is 10.0 Å². The molecule has 1 heterocycles. The molecular weight excluding hydrogens is 399 g/mol. The van der Waals surface area contributed by atoms with Crippen molar-refractivity contribution in [2.24, 2.45) is 0 Å². The summed E-state index contributed by atoms with van der Waals surface area (Å²) in [6, 6.07) is 4.97. The van der Waals surface area contributed by atoms with Crippen LogP contribution in [-0.4, -0.2) is 30.1 Å². The van der Waals surface area contributed by atoms with Crippen LogP contribution in [0.1, 0.15) is 25.5 Å². The van der Waals surface area contributed by atoms with Crippen LogP contribution in [0.4, 0.5) is 5.13 Å². The van der Waals surface area contributed by atoms with Gasteiger partial charge in [0, 0.05) is 16.8 Å². The molecule has 0 unspecified atom stereocenters. The van der Waals surface area contributed by atoms with Crippen molar-refractivity contribution in [1.82, 2.24) is 4.98 Å². The molecule has 0 saturated heterocycles. The van der Waals surface area contributed by atoms with Crippen LogP contribution >= 0.6 is 34.5 Å². The second kappa shape index (κ2) is 10.4. The average Bonchev–Trinajstić information content (AvgIpc) is 3.00. The molecule has 0 aliphatic heterocycles. The quantitative estimate of drug-likeness (QED) is 0.485. The number of esters is 1. The van der Waals surface area contributed by atoms with E-state index in [4.69, 9.17) is 32.7 Å². The third-order valence-electron chi connectivity index (χ3n) is 3.13. The molecule has 6 nitrogen and oxygen atoms in total. The van der Waals surface area contributed by atoms with Gasteiger partial charge in [-0.15, -0.1) is 11.3 Å². The smallest absolute Gasteiger partial charge is 0.311 e. The Bertz CT molecular complexity index is 767. The number of benzene rings is 1. The average molecular weight is 417 g/mol. The van der Waals surface area contributed by atoms with Gasteiger partial charge in [0.15, 0.2) is 5.13 Å². The molecule has 2 aromatic rings. The topological polar surface area (TPSA) is 77.5 Å². The third kappa shape index (κ3) is 6.82. The minimum Gasteiger partial charge on any atom is -0.492 e. The standard InChI is InChI=1S/C17H18Cl2N2O4S/c1-2-24-16(23)9-12-10-26-17(20-12)21-15(22)4-3-7-25-14-6-5-11(18)8-13(14)19/h5-6,8,10H,2-4,7,9H2,1H3,(H,20,21,22). The van der Waals surface area contributed by atoms with Gasteiger partial charge < -0.3 is 14.8 Å². The van der Waals surface area contributed by atoms with Crippen molar-refractivity contribution in [3.63, 3.8) is 0 Å². The summed E-state index contributed by atoms with van der Waals surface area (Å²) in [5.74, 6) is 0.0153. The molecule has 1 aromatic heterocycles. The van der Waals surface area contributed by atoms with Gasteiger partial charge in [0.2, 0.25) is 5.91 Å². The molecule has 0 radical (unpaired) electrons. The Kier molecular flexibility index (Phi) is 8.15. The van der Waals surface area contributed by atoms with Gasteiger partial charge in [0.05, 0.1) is 30.4 Å². The number of hydrogen-bond acceptors (Lipinski definition) is 6. The number of aromatic nitrogens is 1. The van der Waals surface area contributed by atoms with Crippen molar-refractivity contribution < 1.29 is 19.1 Å². The summed E-state index contributed by atoms with van der Waals surface area (Å²) < 4.78 is 10.4. The van der Waals surface area contributed by atoms with Gasteiger partial charge in [-0.3, -0.25) is 9.59 Å². The molecule has 0 aliphatic carbocycles. The van der Waals surface area contributed by atoms with Gasteiger partial charge in [0.25, 0.3) is 0 Å². The normalized spacial score (nSPS) is 10.4. The number of halogens is 2. The Labute approximate surface area is 165 Å². The van der Waals surface area contributed by atoms with E-state index in [0.717, 1.165) is 0 Å². The summed E-state index contributed by atoms with van der Waals surface area (Å²) in [6.07, 6.45) is 0.889. The minimum atomic E-state index is -0.339. The van der Waals surface area contributed by atoms with E-state index in [9.17, 15) is 9.59 Å². The van der Waals surface area contributed by atoms with Crippen LogP contribution in [0.15, 0.2) is 23.6 Å². The van der Waals surface area contributed by atoms with Crippen molar-refractivity contribution in [2.75, 3.05) is 18.5 Å². The van der Waals surface area contributed by atoms with Gasteiger partial charge in [0.1, 0.15) is 5.75 Å². The van der Waals surface area contributed by atoms with Crippen LogP contribution in [0.25, 0.3) is 0 Å². The highest BCUT2D eigenvalue weighted by Gasteiger charge is 2.10. The van der Waals surface area contributed by atoms with Crippen LogP contribution < -0.4 is 10.1 Å². The number of rotatable bonds is 9. The molecule has 9 heteroatoms. The summed E-state index contributed by atoms with van der Waals surface area (Å²) in [7, 11) is 0. The fraction of sp³-hybridized carbons (Fsp3) is 0.353. The molecule has 0 bridgehead atoms. The first kappa shape index (κ1) is 20.5. The summed E-state index contributed by atoms with van der Waals surface area (Å²) in [4.78, 5) is 27.5. The Morgan fingerprint density at radius 3 is 2.85 bits per heavy atom. The number of nitrogens with one attached hydrogen (secondary N) is 1. The van der Waals surface area contributed by atoms with Gasteiger partial charge in [-0.05, 0) is 31.5 Å². The number of anilines is 1. The van der Waals surface area contributed by atoms with Crippen molar-refractivity contribution in [2.45, 2.75) is 26.2 Å². The summed E-state index contributed by atoms with van der Waals surface area (Å²) in [6.45, 7) is 2.42. The van der Waals surface area contributed by atoms with E-state index in [0.29, 0.717) is 46.3 Å². The Morgan fingerprint density at radius 2 is 2.12 bits per heavy atom. The number of hydrogen-bond donors (Lipinski definition) is 1. The van der Waals surface area contributed by atoms with Crippen LogP contribution in [-0.2, 0) is 20.7 Å². The predicted molar refractivity (Wildman–Crippen MR) is 102 cm³/mol. The van der Waals surface area contributed by atoms with Gasteiger partial charge in [-0.25, -0.2) is 4.98 Å². The second-order valence-electron chi connectivity index (χ2n) is 5.20. The van der Waals surface area contributed by atoms with E-state index in [2.05, 4.69) is 10.3 Å². The van der Waals surface area contributed by atoms with Crippen LogP contribution in [0, 0.1) is 0 Å². The fourth-order valence-electron chi connectivity index (χ4n) is 1.99.